The summed E-state index contributed by atoms with van der Waals surface area (Å²) < 4.78 is 0. The van der Waals surface area contributed by atoms with E-state index in [2.05, 4.69) is 0 Å². The zero-order valence-electron chi connectivity index (χ0n) is 0.802. The van der Waals surface area contributed by atoms with Crippen LogP contribution in [0.4, 0.5) is 0 Å². The summed E-state index contributed by atoms with van der Waals surface area (Å²) in [6, 6.07) is 0. The Balaban J connectivity index is 0. The summed E-state index contributed by atoms with van der Waals surface area (Å²) in [5.41, 5.74) is 0. The van der Waals surface area contributed by atoms with Gasteiger partial charge in [0.1, 0.15) is 0 Å². The van der Waals surface area contributed by atoms with Crippen LogP contribution < -0.4 is 0 Å². The molecule has 0 aromatic heterocycles. The zero-order valence-corrected chi connectivity index (χ0v) is 4.60. The molecule has 0 nitrogen and oxygen atoms in total. The van der Waals surface area contributed by atoms with E-state index in [9.17, 15) is 0 Å². The maximum absolute atomic E-state index is 0. The van der Waals surface area contributed by atoms with Gasteiger partial charge in [-0.05, 0) is 11.0 Å². The van der Waals surface area contributed by atoms with Crippen LogP contribution in [0.1, 0.15) is 0 Å². The van der Waals surface area contributed by atoms with Crippen molar-refractivity contribution < 1.29 is 17.1 Å². The molecule has 0 saturated heterocycles. The van der Waals surface area contributed by atoms with Crippen LogP contribution in [0.3, 0.4) is 0 Å². The summed E-state index contributed by atoms with van der Waals surface area (Å²) in [5.74, 6) is 0. The van der Waals surface area contributed by atoms with Gasteiger partial charge in [0.2, 0.25) is 0 Å². The fourth-order valence-corrected chi connectivity index (χ4v) is 0. The molecule has 0 atom stereocenters. The van der Waals surface area contributed by atoms with Crippen LogP contribution >= 0.6 is 0 Å². The van der Waals surface area contributed by atoms with Crippen LogP contribution in [0, 0.1) is 0 Å². The Morgan fingerprint density at radius 2 is 1.00 bits per heavy atom. The molecular formula is H9AlCuSiTe. The van der Waals surface area contributed by atoms with E-state index in [4.69, 9.17) is 0 Å². The third kappa shape index (κ3) is 8.96. The van der Waals surface area contributed by atoms with Gasteiger partial charge in [-0.1, -0.05) is 0 Å². The molecule has 4 heavy (non-hydrogen) atoms. The molecule has 0 aromatic carbocycles. The van der Waals surface area contributed by atoms with E-state index in [1.807, 2.05) is 0 Å². The van der Waals surface area contributed by atoms with Gasteiger partial charge in [0, 0.05) is 17.1 Å². The Kier molecular flexibility index (Phi) is 180. The Bertz CT molecular complexity index is 8.00. The monoisotopic (exact) mass is 257 g/mol. The Hall–Kier alpha value is 2.06. The molecule has 1 radical (unpaired) electrons. The third-order valence-electron chi connectivity index (χ3n) is 0. The minimum absolute atomic E-state index is 0. The van der Waals surface area contributed by atoms with Crippen LogP contribution in [0.25, 0.3) is 0 Å². The predicted octanol–water partition coefficient (Wildman–Crippen LogP) is -3.55. The molecule has 0 amide bonds. The Labute approximate surface area is 68.5 Å². The molecule has 0 bridgehead atoms. The minimum atomic E-state index is 0. The van der Waals surface area contributed by atoms with Crippen molar-refractivity contribution in [2.45, 2.75) is 0 Å². The molecule has 0 N–H and O–H groups in total. The predicted molar refractivity (Wildman–Crippen MR) is 29.8 cm³/mol. The second-order valence-electron chi connectivity index (χ2n) is 0. The number of rotatable bonds is 0. The molecular weight excluding hydrogens is 246 g/mol. The second kappa shape index (κ2) is 19.7. The molecule has 0 unspecified atom stereocenters. The van der Waals surface area contributed by atoms with Gasteiger partial charge in [-0.15, -0.1) is 0 Å². The summed E-state index contributed by atoms with van der Waals surface area (Å²) in [6.45, 7) is 0. The van der Waals surface area contributed by atoms with Gasteiger partial charge < -0.3 is 0 Å². The van der Waals surface area contributed by atoms with E-state index < -0.39 is 0 Å². The molecule has 0 fully saturated rings. The fourth-order valence-electron chi connectivity index (χ4n) is 0. The first-order chi connectivity index (χ1) is 0. The van der Waals surface area contributed by atoms with Crippen LogP contribution in [0.2, 0.25) is 0 Å². The van der Waals surface area contributed by atoms with Crippen LogP contribution in [0.5, 0.6) is 0 Å². The molecule has 0 spiro atoms. The quantitative estimate of drug-likeness (QED) is 0.393. The van der Waals surface area contributed by atoms with Crippen molar-refractivity contribution in [3.05, 3.63) is 0 Å². The normalized spacial score (nSPS) is 0. The first kappa shape index (κ1) is 36.6. The van der Waals surface area contributed by atoms with Crippen LogP contribution in [0.15, 0.2) is 0 Å². The molecule has 4 heteroatoms. The van der Waals surface area contributed by atoms with Crippen molar-refractivity contribution in [3.8, 4) is 0 Å². The third-order valence-corrected chi connectivity index (χ3v) is 0. The van der Waals surface area contributed by atoms with Gasteiger partial charge in [0.25, 0.3) is 0 Å². The average molecular weight is 255 g/mol. The van der Waals surface area contributed by atoms with Gasteiger partial charge in [-0.2, -0.15) is 0 Å². The van der Waals surface area contributed by atoms with Gasteiger partial charge >= 0.3 is 23.7 Å². The topological polar surface area (TPSA) is 0 Å². The molecule has 0 aliphatic rings. The van der Waals surface area contributed by atoms with E-state index in [1.165, 1.54) is 0 Å². The van der Waals surface area contributed by atoms with E-state index in [0.29, 0.717) is 0 Å². The molecule has 0 aliphatic heterocycles. The average Bonchev–Trinajstić information content (AvgIpc) is 0. The number of hydrogen-bond donors (Lipinski definition) is 0. The van der Waals surface area contributed by atoms with Gasteiger partial charge in [-0.3, -0.25) is 0 Å². The summed E-state index contributed by atoms with van der Waals surface area (Å²) in [7, 11) is 0. The van der Waals surface area contributed by atoms with Gasteiger partial charge in [-0.25, -0.2) is 0 Å². The molecule has 0 rings (SSSR count). The van der Waals surface area contributed by atoms with Crippen molar-refractivity contribution in [2.24, 2.45) is 0 Å². The Morgan fingerprint density at radius 1 is 1.00 bits per heavy atom. The van der Waals surface area contributed by atoms with E-state index in [1.54, 1.807) is 0 Å². The second-order valence-corrected chi connectivity index (χ2v) is 0. The molecule has 33 valence electrons. The van der Waals surface area contributed by atoms with Crippen molar-refractivity contribution in [1.82, 2.24) is 0 Å². The van der Waals surface area contributed by atoms with Crippen molar-refractivity contribution in [1.29, 1.82) is 0 Å². The van der Waals surface area contributed by atoms with E-state index in [-0.39, 0.29) is 69.1 Å². The van der Waals surface area contributed by atoms with Crippen LogP contribution in [-0.4, -0.2) is 52.0 Å². The first-order valence-electron chi connectivity index (χ1n) is 0. The SMILES string of the molecule is [AlH3].[Cu].[SiH4].[TeH2]. The Morgan fingerprint density at radius 3 is 1.00 bits per heavy atom. The van der Waals surface area contributed by atoms with E-state index >= 15 is 0 Å². The number of hydrogen-bond acceptors (Lipinski definition) is 0. The van der Waals surface area contributed by atoms with Crippen molar-refractivity contribution in [3.63, 3.8) is 0 Å². The summed E-state index contributed by atoms with van der Waals surface area (Å²) in [6.07, 6.45) is 0. The standard InChI is InChI=1S/Al.Cu.H4Si.H2Te.3H/h;;1H4;1H2;;;. The van der Waals surface area contributed by atoms with Crippen LogP contribution in [-0.2, 0) is 17.1 Å². The summed E-state index contributed by atoms with van der Waals surface area (Å²) >= 11 is 0. The first-order valence-corrected chi connectivity index (χ1v) is 0. The van der Waals surface area contributed by atoms with E-state index in [0.717, 1.165) is 0 Å². The fraction of sp³-hybridized carbons (Fsp3) is 0. The summed E-state index contributed by atoms with van der Waals surface area (Å²) in [5, 5.41) is 0. The maximum atomic E-state index is 0. The van der Waals surface area contributed by atoms with Crippen molar-refractivity contribution in [2.75, 3.05) is 0 Å². The molecule has 0 aromatic rings. The van der Waals surface area contributed by atoms with Crippen molar-refractivity contribution >= 4 is 52.0 Å². The van der Waals surface area contributed by atoms with Gasteiger partial charge in [0.15, 0.2) is 17.4 Å². The zero-order chi connectivity index (χ0) is 0. The summed E-state index contributed by atoms with van der Waals surface area (Å²) in [4.78, 5) is 0. The molecule has 0 heterocycles. The van der Waals surface area contributed by atoms with Gasteiger partial charge in [0.05, 0.1) is 0 Å². The molecule has 0 saturated carbocycles. The molecule has 0 aliphatic carbocycles.